The summed E-state index contributed by atoms with van der Waals surface area (Å²) in [5.41, 5.74) is 3.88. The monoisotopic (exact) mass is 359 g/mol. The number of thiazole rings is 1. The van der Waals surface area contributed by atoms with E-state index in [4.69, 9.17) is 4.98 Å². The van der Waals surface area contributed by atoms with Gasteiger partial charge in [-0.1, -0.05) is 57.9 Å². The highest BCUT2D eigenvalue weighted by Crippen LogP contribution is 2.25. The number of aryl methyl sites for hydroxylation is 1. The first-order valence-electron chi connectivity index (χ1n) is 7.20. The average molecular weight is 360 g/mol. The molecule has 1 nitrogen and oxygen atoms in total. The second-order valence-corrected chi connectivity index (χ2v) is 7.26. The van der Waals surface area contributed by atoms with E-state index in [1.807, 2.05) is 11.3 Å². The van der Waals surface area contributed by atoms with Crippen molar-refractivity contribution in [2.75, 3.05) is 5.33 Å². The summed E-state index contributed by atoms with van der Waals surface area (Å²) in [5.74, 6) is 0.590. The van der Waals surface area contributed by atoms with Crippen LogP contribution in [0.1, 0.15) is 16.1 Å². The molecule has 21 heavy (non-hydrogen) atoms. The average Bonchev–Trinajstić information content (AvgIpc) is 2.89. The van der Waals surface area contributed by atoms with Gasteiger partial charge in [-0.05, 0) is 37.0 Å². The summed E-state index contributed by atoms with van der Waals surface area (Å²) >= 11 is 5.49. The molecule has 1 unspecified atom stereocenters. The minimum Gasteiger partial charge on any atom is -0.241 e. The van der Waals surface area contributed by atoms with Crippen LogP contribution in [0.25, 0.3) is 10.2 Å². The number of halogens is 1. The zero-order valence-electron chi connectivity index (χ0n) is 12.1. The first-order chi connectivity index (χ1) is 10.2. The Bertz CT molecular complexity index is 702. The number of para-hydroxylation sites is 1. The summed E-state index contributed by atoms with van der Waals surface area (Å²) < 4.78 is 1.29. The van der Waals surface area contributed by atoms with Crippen LogP contribution in [0.15, 0.2) is 48.5 Å². The van der Waals surface area contributed by atoms with Gasteiger partial charge < -0.3 is 0 Å². The molecule has 108 valence electrons. The van der Waals surface area contributed by atoms with Crippen LogP contribution in [0, 0.1) is 12.8 Å². The van der Waals surface area contributed by atoms with Crippen LogP contribution >= 0.6 is 27.3 Å². The first kappa shape index (κ1) is 14.7. The highest BCUT2D eigenvalue weighted by atomic mass is 79.9. The van der Waals surface area contributed by atoms with E-state index < -0.39 is 0 Å². The summed E-state index contributed by atoms with van der Waals surface area (Å²) in [4.78, 5) is 4.76. The number of aromatic nitrogens is 1. The van der Waals surface area contributed by atoms with Crippen LogP contribution in [0.3, 0.4) is 0 Å². The van der Waals surface area contributed by atoms with Gasteiger partial charge in [0.2, 0.25) is 0 Å². The van der Waals surface area contributed by atoms with E-state index in [1.165, 1.54) is 20.8 Å². The summed E-state index contributed by atoms with van der Waals surface area (Å²) in [6.07, 6.45) is 2.14. The SMILES string of the molecule is Cc1cccc(CC(CBr)Cc2nc3ccccc3s2)c1. The summed E-state index contributed by atoms with van der Waals surface area (Å²) in [6.45, 7) is 2.15. The third-order valence-corrected chi connectivity index (χ3v) is 5.60. The lowest BCUT2D eigenvalue weighted by Crippen LogP contribution is -2.09. The Labute approximate surface area is 138 Å². The second-order valence-electron chi connectivity index (χ2n) is 5.49. The number of fused-ring (bicyclic) bond motifs is 1. The van der Waals surface area contributed by atoms with Gasteiger partial charge in [-0.15, -0.1) is 11.3 Å². The number of hydrogen-bond acceptors (Lipinski definition) is 2. The van der Waals surface area contributed by atoms with Crippen molar-refractivity contribution in [3.8, 4) is 0 Å². The summed E-state index contributed by atoms with van der Waals surface area (Å²) in [6, 6.07) is 17.2. The predicted molar refractivity (Wildman–Crippen MR) is 95.5 cm³/mol. The van der Waals surface area contributed by atoms with Gasteiger partial charge in [0.1, 0.15) is 0 Å². The quantitative estimate of drug-likeness (QED) is 0.555. The lowest BCUT2D eigenvalue weighted by Gasteiger charge is -2.12. The van der Waals surface area contributed by atoms with Crippen LogP contribution in [0.2, 0.25) is 0 Å². The van der Waals surface area contributed by atoms with Crippen molar-refractivity contribution in [1.29, 1.82) is 0 Å². The normalized spacial score (nSPS) is 12.7. The van der Waals surface area contributed by atoms with Crippen LogP contribution in [0.5, 0.6) is 0 Å². The fourth-order valence-corrected chi connectivity index (χ4v) is 4.15. The molecule has 0 N–H and O–H groups in total. The molecule has 0 aliphatic rings. The Kier molecular flexibility index (Phi) is 4.71. The predicted octanol–water partition coefficient (Wildman–Crippen LogP) is 5.40. The molecule has 1 heterocycles. The van der Waals surface area contributed by atoms with E-state index >= 15 is 0 Å². The molecule has 0 aliphatic heterocycles. The molecule has 0 saturated heterocycles. The molecule has 0 spiro atoms. The molecule has 0 bridgehead atoms. The molecule has 0 fully saturated rings. The zero-order valence-corrected chi connectivity index (χ0v) is 14.5. The second kappa shape index (κ2) is 6.71. The minimum atomic E-state index is 0.590. The fraction of sp³-hybridized carbons (Fsp3) is 0.278. The molecule has 1 aromatic heterocycles. The number of rotatable bonds is 5. The molecule has 1 atom stereocenters. The molecule has 3 aromatic rings. The van der Waals surface area contributed by atoms with Gasteiger partial charge in [0.25, 0.3) is 0 Å². The molecule has 0 amide bonds. The van der Waals surface area contributed by atoms with E-state index in [2.05, 4.69) is 71.4 Å². The van der Waals surface area contributed by atoms with E-state index in [-0.39, 0.29) is 0 Å². The third kappa shape index (κ3) is 3.72. The number of benzene rings is 2. The van der Waals surface area contributed by atoms with Crippen molar-refractivity contribution in [3.05, 3.63) is 64.7 Å². The Morgan fingerprint density at radius 3 is 2.71 bits per heavy atom. The van der Waals surface area contributed by atoms with Gasteiger partial charge in [-0.2, -0.15) is 0 Å². The maximum Gasteiger partial charge on any atom is 0.0941 e. The van der Waals surface area contributed by atoms with Crippen molar-refractivity contribution >= 4 is 37.5 Å². The Hall–Kier alpha value is -1.19. The van der Waals surface area contributed by atoms with Gasteiger partial charge in [0.05, 0.1) is 15.2 Å². The van der Waals surface area contributed by atoms with Crippen molar-refractivity contribution < 1.29 is 0 Å². The van der Waals surface area contributed by atoms with Crippen LogP contribution in [0.4, 0.5) is 0 Å². The molecule has 0 radical (unpaired) electrons. The van der Waals surface area contributed by atoms with Crippen molar-refractivity contribution in [2.45, 2.75) is 19.8 Å². The Morgan fingerprint density at radius 1 is 1.10 bits per heavy atom. The molecular weight excluding hydrogens is 342 g/mol. The maximum absolute atomic E-state index is 4.76. The van der Waals surface area contributed by atoms with E-state index in [1.54, 1.807) is 0 Å². The standard InChI is InChI=1S/C18H18BrNS/c1-13-5-4-6-14(9-13)10-15(12-19)11-18-20-16-7-2-3-8-17(16)21-18/h2-9,15H,10-12H2,1H3. The lowest BCUT2D eigenvalue weighted by molar-refractivity contribution is 0.590. The fourth-order valence-electron chi connectivity index (χ4n) is 2.61. The van der Waals surface area contributed by atoms with Crippen molar-refractivity contribution in [1.82, 2.24) is 4.98 Å². The Morgan fingerprint density at radius 2 is 1.95 bits per heavy atom. The number of alkyl halides is 1. The molecule has 3 heteroatoms. The zero-order chi connectivity index (χ0) is 14.7. The van der Waals surface area contributed by atoms with Gasteiger partial charge in [-0.25, -0.2) is 4.98 Å². The van der Waals surface area contributed by atoms with Gasteiger partial charge >= 0.3 is 0 Å². The van der Waals surface area contributed by atoms with Gasteiger partial charge in [0.15, 0.2) is 0 Å². The number of hydrogen-bond donors (Lipinski definition) is 0. The lowest BCUT2D eigenvalue weighted by atomic mass is 9.97. The highest BCUT2D eigenvalue weighted by Gasteiger charge is 2.13. The van der Waals surface area contributed by atoms with Crippen LogP contribution in [-0.4, -0.2) is 10.3 Å². The van der Waals surface area contributed by atoms with Crippen LogP contribution in [-0.2, 0) is 12.8 Å². The molecule has 2 aromatic carbocycles. The number of nitrogens with zero attached hydrogens (tertiary/aromatic N) is 1. The van der Waals surface area contributed by atoms with Crippen LogP contribution < -0.4 is 0 Å². The minimum absolute atomic E-state index is 0.590. The maximum atomic E-state index is 4.76. The molecular formula is C18H18BrNS. The van der Waals surface area contributed by atoms with E-state index in [0.29, 0.717) is 5.92 Å². The van der Waals surface area contributed by atoms with E-state index in [0.717, 1.165) is 23.7 Å². The van der Waals surface area contributed by atoms with Gasteiger partial charge in [0, 0.05) is 11.8 Å². The van der Waals surface area contributed by atoms with Gasteiger partial charge in [-0.3, -0.25) is 0 Å². The molecule has 0 aliphatic carbocycles. The summed E-state index contributed by atoms with van der Waals surface area (Å²) in [5, 5.41) is 2.25. The smallest absolute Gasteiger partial charge is 0.0941 e. The topological polar surface area (TPSA) is 12.9 Å². The molecule has 0 saturated carbocycles. The first-order valence-corrected chi connectivity index (χ1v) is 9.14. The van der Waals surface area contributed by atoms with Crippen molar-refractivity contribution in [3.63, 3.8) is 0 Å². The molecule has 3 rings (SSSR count). The van der Waals surface area contributed by atoms with Crippen molar-refractivity contribution in [2.24, 2.45) is 5.92 Å². The summed E-state index contributed by atoms with van der Waals surface area (Å²) in [7, 11) is 0. The Balaban J connectivity index is 1.74. The van der Waals surface area contributed by atoms with E-state index in [9.17, 15) is 0 Å². The largest absolute Gasteiger partial charge is 0.241 e. The third-order valence-electron chi connectivity index (χ3n) is 3.63. The highest BCUT2D eigenvalue weighted by molar-refractivity contribution is 9.09.